The highest BCUT2D eigenvalue weighted by atomic mass is 35.5. The molecule has 0 spiro atoms. The first-order valence-corrected chi connectivity index (χ1v) is 6.74. The van der Waals surface area contributed by atoms with Crippen molar-refractivity contribution in [3.63, 3.8) is 0 Å². The van der Waals surface area contributed by atoms with Crippen LogP contribution >= 0.6 is 11.6 Å². The van der Waals surface area contributed by atoms with Crippen molar-refractivity contribution < 1.29 is 4.39 Å². The van der Waals surface area contributed by atoms with Gasteiger partial charge in [0.05, 0.1) is 11.4 Å². The fourth-order valence-corrected chi connectivity index (χ4v) is 2.17. The molecule has 0 bridgehead atoms. The highest BCUT2D eigenvalue weighted by Gasteiger charge is 2.08. The summed E-state index contributed by atoms with van der Waals surface area (Å²) < 4.78 is 14.9. The fourth-order valence-electron chi connectivity index (χ4n) is 1.99. The number of aromatic nitrogens is 2. The molecule has 3 rings (SSSR count). The summed E-state index contributed by atoms with van der Waals surface area (Å²) in [7, 11) is 0. The Labute approximate surface area is 125 Å². The van der Waals surface area contributed by atoms with Crippen molar-refractivity contribution in [3.05, 3.63) is 58.6 Å². The van der Waals surface area contributed by atoms with Gasteiger partial charge in [0.2, 0.25) is 0 Å². The first-order chi connectivity index (χ1) is 10.0. The van der Waals surface area contributed by atoms with Gasteiger partial charge < -0.3 is 0 Å². The van der Waals surface area contributed by atoms with E-state index < -0.39 is 0 Å². The molecule has 0 fully saturated rings. The number of halogens is 2. The monoisotopic (exact) mass is 302 g/mol. The van der Waals surface area contributed by atoms with Crippen LogP contribution in [-0.2, 0) is 0 Å². The average Bonchev–Trinajstić information content (AvgIpc) is 2.75. The van der Waals surface area contributed by atoms with Crippen LogP contribution in [0.1, 0.15) is 11.3 Å². The van der Waals surface area contributed by atoms with Gasteiger partial charge in [-0.1, -0.05) is 17.7 Å². The molecule has 21 heavy (non-hydrogen) atoms. The first-order valence-electron chi connectivity index (χ1n) is 6.37. The van der Waals surface area contributed by atoms with Gasteiger partial charge in [-0.15, -0.1) is 10.2 Å². The summed E-state index contributed by atoms with van der Waals surface area (Å²) in [6.45, 7) is 3.72. The molecule has 0 saturated carbocycles. The van der Waals surface area contributed by atoms with Gasteiger partial charge in [-0.05, 0) is 43.7 Å². The molecule has 3 aromatic rings. The summed E-state index contributed by atoms with van der Waals surface area (Å²) in [5, 5.41) is 8.96. The van der Waals surface area contributed by atoms with E-state index in [1.54, 1.807) is 23.5 Å². The number of hydrogen-bond acceptors (Lipinski definition) is 3. The lowest BCUT2D eigenvalue weighted by Crippen LogP contribution is -1.85. The quantitative estimate of drug-likeness (QED) is 0.603. The number of aryl methyl sites for hydroxylation is 2. The topological polar surface area (TPSA) is 42.0 Å². The Kier molecular flexibility index (Phi) is 3.43. The van der Waals surface area contributed by atoms with Crippen molar-refractivity contribution in [2.24, 2.45) is 10.2 Å². The van der Waals surface area contributed by atoms with Crippen LogP contribution in [0.5, 0.6) is 0 Å². The smallest absolute Gasteiger partial charge is 0.182 e. The number of benzene rings is 1. The lowest BCUT2D eigenvalue weighted by Gasteiger charge is -1.99. The Morgan fingerprint density at radius 1 is 1.14 bits per heavy atom. The third-order valence-electron chi connectivity index (χ3n) is 3.14. The van der Waals surface area contributed by atoms with E-state index in [0.29, 0.717) is 27.9 Å². The van der Waals surface area contributed by atoms with Crippen LogP contribution in [0.2, 0.25) is 5.02 Å². The Balaban J connectivity index is 2.04. The molecule has 0 aliphatic carbocycles. The minimum absolute atomic E-state index is 0.352. The van der Waals surface area contributed by atoms with E-state index in [1.165, 1.54) is 12.3 Å². The maximum absolute atomic E-state index is 13.3. The number of azo groups is 1. The van der Waals surface area contributed by atoms with Crippen LogP contribution in [0.25, 0.3) is 5.65 Å². The Bertz CT molecular complexity index is 854. The summed E-state index contributed by atoms with van der Waals surface area (Å²) in [6, 6.07) is 8.40. The molecule has 2 aromatic heterocycles. The van der Waals surface area contributed by atoms with Crippen molar-refractivity contribution >= 4 is 28.8 Å². The van der Waals surface area contributed by atoms with E-state index in [1.807, 2.05) is 19.1 Å². The minimum Gasteiger partial charge on any atom is -0.280 e. The number of imidazole rings is 1. The van der Waals surface area contributed by atoms with Crippen LogP contribution in [0.3, 0.4) is 0 Å². The van der Waals surface area contributed by atoms with Crippen molar-refractivity contribution in [1.82, 2.24) is 9.38 Å². The average molecular weight is 303 g/mol. The molecule has 4 nitrogen and oxygen atoms in total. The maximum Gasteiger partial charge on any atom is 0.182 e. The van der Waals surface area contributed by atoms with Crippen molar-refractivity contribution in [2.45, 2.75) is 13.8 Å². The molecule has 2 heterocycles. The van der Waals surface area contributed by atoms with Gasteiger partial charge >= 0.3 is 0 Å². The Hall–Kier alpha value is -2.27. The maximum atomic E-state index is 13.3. The zero-order chi connectivity index (χ0) is 15.0. The zero-order valence-electron chi connectivity index (χ0n) is 11.5. The SMILES string of the molecule is Cc1ccc(N=Nc2c(C)nc3ccc(F)cn23)cc1Cl. The third-order valence-corrected chi connectivity index (χ3v) is 3.55. The number of nitrogens with zero attached hydrogens (tertiary/aromatic N) is 4. The van der Waals surface area contributed by atoms with Gasteiger partial charge in [0.1, 0.15) is 11.5 Å². The van der Waals surface area contributed by atoms with E-state index in [9.17, 15) is 4.39 Å². The van der Waals surface area contributed by atoms with E-state index >= 15 is 0 Å². The predicted molar refractivity (Wildman–Crippen MR) is 80.3 cm³/mol. The van der Waals surface area contributed by atoms with E-state index in [2.05, 4.69) is 15.2 Å². The van der Waals surface area contributed by atoms with E-state index in [-0.39, 0.29) is 5.82 Å². The molecular formula is C15H12ClFN4. The molecule has 0 N–H and O–H groups in total. The van der Waals surface area contributed by atoms with E-state index in [0.717, 1.165) is 5.56 Å². The number of rotatable bonds is 2. The number of pyridine rings is 1. The van der Waals surface area contributed by atoms with Crippen LogP contribution in [0.15, 0.2) is 46.8 Å². The third kappa shape index (κ3) is 2.64. The summed E-state index contributed by atoms with van der Waals surface area (Å²) in [5.41, 5.74) is 2.92. The van der Waals surface area contributed by atoms with Crippen LogP contribution < -0.4 is 0 Å². The van der Waals surface area contributed by atoms with E-state index in [4.69, 9.17) is 11.6 Å². The second kappa shape index (κ2) is 5.26. The van der Waals surface area contributed by atoms with Gasteiger partial charge in [0, 0.05) is 11.2 Å². The van der Waals surface area contributed by atoms with Crippen LogP contribution in [0, 0.1) is 19.7 Å². The first kappa shape index (κ1) is 13.7. The molecule has 0 unspecified atom stereocenters. The zero-order valence-corrected chi connectivity index (χ0v) is 12.3. The standard InChI is InChI=1S/C15H12ClFN4/c1-9-3-5-12(7-13(9)16)19-20-15-10(2)18-14-6-4-11(17)8-21(14)15/h3-8H,1-2H3. The second-order valence-corrected chi connectivity index (χ2v) is 5.14. The highest BCUT2D eigenvalue weighted by Crippen LogP contribution is 2.26. The minimum atomic E-state index is -0.352. The van der Waals surface area contributed by atoms with Gasteiger partial charge in [0.25, 0.3) is 0 Å². The number of hydrogen-bond donors (Lipinski definition) is 0. The van der Waals surface area contributed by atoms with Crippen LogP contribution in [0.4, 0.5) is 15.9 Å². The summed E-state index contributed by atoms with van der Waals surface area (Å²) >= 11 is 6.05. The molecule has 0 saturated heterocycles. The summed E-state index contributed by atoms with van der Waals surface area (Å²) in [6.07, 6.45) is 1.34. The lowest BCUT2D eigenvalue weighted by molar-refractivity contribution is 0.619. The van der Waals surface area contributed by atoms with Gasteiger partial charge in [-0.3, -0.25) is 4.40 Å². The fraction of sp³-hybridized carbons (Fsp3) is 0.133. The molecular weight excluding hydrogens is 291 g/mol. The molecule has 6 heteroatoms. The summed E-state index contributed by atoms with van der Waals surface area (Å²) in [5.74, 6) is 0.149. The van der Waals surface area contributed by atoms with Crippen molar-refractivity contribution in [2.75, 3.05) is 0 Å². The molecule has 0 aliphatic heterocycles. The van der Waals surface area contributed by atoms with Crippen LogP contribution in [-0.4, -0.2) is 9.38 Å². The molecule has 106 valence electrons. The Morgan fingerprint density at radius 2 is 1.95 bits per heavy atom. The molecule has 0 aliphatic rings. The Morgan fingerprint density at radius 3 is 2.71 bits per heavy atom. The second-order valence-electron chi connectivity index (χ2n) is 4.73. The lowest BCUT2D eigenvalue weighted by atomic mass is 10.2. The van der Waals surface area contributed by atoms with Gasteiger partial charge in [-0.2, -0.15) is 0 Å². The molecule has 0 radical (unpaired) electrons. The van der Waals surface area contributed by atoms with Gasteiger partial charge in [-0.25, -0.2) is 9.37 Å². The van der Waals surface area contributed by atoms with Gasteiger partial charge in [0.15, 0.2) is 5.82 Å². The normalized spacial score (nSPS) is 11.6. The molecule has 0 atom stereocenters. The summed E-state index contributed by atoms with van der Waals surface area (Å²) in [4.78, 5) is 4.31. The molecule has 1 aromatic carbocycles. The highest BCUT2D eigenvalue weighted by molar-refractivity contribution is 6.31. The molecule has 0 amide bonds. The predicted octanol–water partition coefficient (Wildman–Crippen LogP) is 5.16. The largest absolute Gasteiger partial charge is 0.280 e. The van der Waals surface area contributed by atoms with Crippen molar-refractivity contribution in [1.29, 1.82) is 0 Å². The van der Waals surface area contributed by atoms with Crippen molar-refractivity contribution in [3.8, 4) is 0 Å². The number of fused-ring (bicyclic) bond motifs is 1.